The second-order valence-electron chi connectivity index (χ2n) is 5.23. The molecule has 6 nitrogen and oxygen atoms in total. The number of carbonyl (C=O) groups excluding carboxylic acids is 1. The quantitative estimate of drug-likeness (QED) is 0.772. The molecule has 0 atom stereocenters. The van der Waals surface area contributed by atoms with Gasteiger partial charge in [-0.25, -0.2) is 0 Å². The predicted molar refractivity (Wildman–Crippen MR) is 89.2 cm³/mol. The Labute approximate surface area is 133 Å². The average molecular weight is 308 g/mol. The molecule has 0 unspecified atom stereocenters. The van der Waals surface area contributed by atoms with Crippen LogP contribution in [0.1, 0.15) is 16.1 Å². The van der Waals surface area contributed by atoms with Crippen LogP contribution in [0.2, 0.25) is 0 Å². The van der Waals surface area contributed by atoms with Crippen LogP contribution in [0.25, 0.3) is 22.0 Å². The zero-order chi connectivity index (χ0) is 16.6. The number of methoxy groups -OCH3 is 1. The summed E-state index contributed by atoms with van der Waals surface area (Å²) in [4.78, 5) is 11.4. The van der Waals surface area contributed by atoms with Gasteiger partial charge in [-0.2, -0.15) is 0 Å². The molecule has 2 aromatic carbocycles. The first-order chi connectivity index (χ1) is 11.0. The van der Waals surface area contributed by atoms with E-state index in [2.05, 4.69) is 10.2 Å². The molecule has 4 N–H and O–H groups in total. The molecular formula is C17H16N4O2. The smallest absolute Gasteiger partial charge is 0.271 e. The first-order valence-electron chi connectivity index (χ1n) is 7.02. The number of ether oxygens (including phenoxy) is 1. The van der Waals surface area contributed by atoms with E-state index in [-0.39, 0.29) is 11.4 Å². The van der Waals surface area contributed by atoms with Crippen LogP contribution in [0.4, 0.5) is 5.69 Å². The summed E-state index contributed by atoms with van der Waals surface area (Å²) in [6.07, 6.45) is 0. The van der Waals surface area contributed by atoms with Crippen LogP contribution in [-0.4, -0.2) is 23.2 Å². The average Bonchev–Trinajstić information content (AvgIpc) is 2.54. The van der Waals surface area contributed by atoms with Gasteiger partial charge in [-0.3, -0.25) is 4.79 Å². The summed E-state index contributed by atoms with van der Waals surface area (Å²) in [5.41, 5.74) is 14.9. The third-order valence-corrected chi connectivity index (χ3v) is 3.71. The lowest BCUT2D eigenvalue weighted by molar-refractivity contribution is 0.0996. The number of rotatable bonds is 3. The number of aromatic nitrogens is 2. The summed E-state index contributed by atoms with van der Waals surface area (Å²) in [6.45, 7) is 2.00. The van der Waals surface area contributed by atoms with Gasteiger partial charge >= 0.3 is 0 Å². The van der Waals surface area contributed by atoms with Crippen LogP contribution in [0.15, 0.2) is 36.4 Å². The monoisotopic (exact) mass is 308 g/mol. The van der Waals surface area contributed by atoms with E-state index >= 15 is 0 Å². The van der Waals surface area contributed by atoms with Gasteiger partial charge in [0.2, 0.25) is 0 Å². The van der Waals surface area contributed by atoms with E-state index in [0.717, 1.165) is 22.4 Å². The Morgan fingerprint density at radius 2 is 1.91 bits per heavy atom. The van der Waals surface area contributed by atoms with Gasteiger partial charge in [0.25, 0.3) is 5.91 Å². The van der Waals surface area contributed by atoms with Crippen LogP contribution in [0, 0.1) is 6.92 Å². The highest BCUT2D eigenvalue weighted by molar-refractivity contribution is 6.07. The first-order valence-corrected chi connectivity index (χ1v) is 7.02. The predicted octanol–water partition coefficient (Wildman–Crippen LogP) is 2.29. The Kier molecular flexibility index (Phi) is 3.57. The SMILES string of the molecule is COc1ccc(C)cc1-c1cccc2c(N)c(C(N)=O)nnc12. The third-order valence-electron chi connectivity index (χ3n) is 3.71. The number of nitrogens with zero attached hydrogens (tertiary/aromatic N) is 2. The zero-order valence-corrected chi connectivity index (χ0v) is 12.8. The summed E-state index contributed by atoms with van der Waals surface area (Å²) in [6, 6.07) is 11.4. The fourth-order valence-electron chi connectivity index (χ4n) is 2.58. The van der Waals surface area contributed by atoms with E-state index < -0.39 is 5.91 Å². The van der Waals surface area contributed by atoms with Crippen molar-refractivity contribution in [3.8, 4) is 16.9 Å². The Bertz CT molecular complexity index is 922. The maximum Gasteiger partial charge on any atom is 0.271 e. The lowest BCUT2D eigenvalue weighted by Crippen LogP contribution is -2.16. The second-order valence-corrected chi connectivity index (χ2v) is 5.23. The highest BCUT2D eigenvalue weighted by Gasteiger charge is 2.16. The normalized spacial score (nSPS) is 10.7. The molecule has 116 valence electrons. The van der Waals surface area contributed by atoms with Crippen molar-refractivity contribution in [2.45, 2.75) is 6.92 Å². The number of primary amides is 1. The number of anilines is 1. The Balaban J connectivity index is 2.34. The van der Waals surface area contributed by atoms with Crippen LogP contribution in [0.5, 0.6) is 5.75 Å². The highest BCUT2D eigenvalue weighted by Crippen LogP contribution is 2.36. The molecular weight excluding hydrogens is 292 g/mol. The van der Waals surface area contributed by atoms with Crippen molar-refractivity contribution < 1.29 is 9.53 Å². The number of hydrogen-bond donors (Lipinski definition) is 2. The van der Waals surface area contributed by atoms with Crippen molar-refractivity contribution >= 4 is 22.5 Å². The van der Waals surface area contributed by atoms with Crippen molar-refractivity contribution in [2.75, 3.05) is 12.8 Å². The fourth-order valence-corrected chi connectivity index (χ4v) is 2.58. The first kappa shape index (κ1) is 14.8. The van der Waals surface area contributed by atoms with E-state index in [4.69, 9.17) is 16.2 Å². The Morgan fingerprint density at radius 3 is 2.61 bits per heavy atom. The van der Waals surface area contributed by atoms with Crippen molar-refractivity contribution in [3.05, 3.63) is 47.7 Å². The third kappa shape index (κ3) is 2.44. The maximum atomic E-state index is 11.4. The van der Waals surface area contributed by atoms with Crippen LogP contribution in [0.3, 0.4) is 0 Å². The summed E-state index contributed by atoms with van der Waals surface area (Å²) in [5, 5.41) is 8.67. The number of amides is 1. The molecule has 0 spiro atoms. The van der Waals surface area contributed by atoms with Gasteiger partial charge in [-0.15, -0.1) is 10.2 Å². The number of aryl methyl sites for hydroxylation is 1. The summed E-state index contributed by atoms with van der Waals surface area (Å²) in [7, 11) is 1.62. The molecule has 0 bridgehead atoms. The van der Waals surface area contributed by atoms with Crippen LogP contribution in [-0.2, 0) is 0 Å². The van der Waals surface area contributed by atoms with Gasteiger partial charge in [0, 0.05) is 16.5 Å². The van der Waals surface area contributed by atoms with E-state index in [1.54, 1.807) is 13.2 Å². The van der Waals surface area contributed by atoms with Gasteiger partial charge in [-0.05, 0) is 19.1 Å². The molecule has 0 fully saturated rings. The summed E-state index contributed by atoms with van der Waals surface area (Å²) in [5.74, 6) is 0.0258. The van der Waals surface area contributed by atoms with Crippen molar-refractivity contribution in [2.24, 2.45) is 5.73 Å². The minimum Gasteiger partial charge on any atom is -0.496 e. The van der Waals surface area contributed by atoms with Gasteiger partial charge in [0.05, 0.1) is 12.8 Å². The molecule has 0 saturated carbocycles. The lowest BCUT2D eigenvalue weighted by Gasteiger charge is -2.12. The molecule has 0 aliphatic heterocycles. The fraction of sp³-hybridized carbons (Fsp3) is 0.118. The van der Waals surface area contributed by atoms with E-state index in [1.165, 1.54) is 0 Å². The topological polar surface area (TPSA) is 104 Å². The molecule has 1 heterocycles. The molecule has 0 aliphatic rings. The molecule has 23 heavy (non-hydrogen) atoms. The Morgan fingerprint density at radius 1 is 1.13 bits per heavy atom. The number of benzene rings is 2. The Hall–Kier alpha value is -3.15. The van der Waals surface area contributed by atoms with Gasteiger partial charge in [0.1, 0.15) is 11.3 Å². The minimum atomic E-state index is -0.699. The standard InChI is InChI=1S/C17H16N4O2/c1-9-6-7-13(23-2)12(8-9)10-4-3-5-11-14(18)16(17(19)22)21-20-15(10)11/h3-8H,1-2H3,(H2,18,20)(H2,19,22). The summed E-state index contributed by atoms with van der Waals surface area (Å²) >= 11 is 0. The van der Waals surface area contributed by atoms with Crippen molar-refractivity contribution in [1.29, 1.82) is 0 Å². The molecule has 0 radical (unpaired) electrons. The molecule has 0 saturated heterocycles. The van der Waals surface area contributed by atoms with E-state index in [1.807, 2.05) is 37.3 Å². The van der Waals surface area contributed by atoms with Gasteiger partial charge in [-0.1, -0.05) is 29.8 Å². The molecule has 1 amide bonds. The number of nitrogen functional groups attached to an aromatic ring is 1. The second kappa shape index (κ2) is 5.57. The van der Waals surface area contributed by atoms with E-state index in [0.29, 0.717) is 10.9 Å². The van der Waals surface area contributed by atoms with Crippen molar-refractivity contribution in [1.82, 2.24) is 10.2 Å². The number of fused-ring (bicyclic) bond motifs is 1. The number of hydrogen-bond acceptors (Lipinski definition) is 5. The molecule has 6 heteroatoms. The summed E-state index contributed by atoms with van der Waals surface area (Å²) < 4.78 is 5.44. The molecule has 1 aromatic heterocycles. The maximum absolute atomic E-state index is 11.4. The molecule has 3 rings (SSSR count). The van der Waals surface area contributed by atoms with Gasteiger partial charge in [0.15, 0.2) is 5.69 Å². The van der Waals surface area contributed by atoms with E-state index in [9.17, 15) is 4.79 Å². The molecule has 3 aromatic rings. The largest absolute Gasteiger partial charge is 0.496 e. The van der Waals surface area contributed by atoms with Gasteiger partial charge < -0.3 is 16.2 Å². The number of nitrogens with two attached hydrogens (primary N) is 2. The van der Waals surface area contributed by atoms with Crippen LogP contribution >= 0.6 is 0 Å². The number of carbonyl (C=O) groups is 1. The van der Waals surface area contributed by atoms with Crippen molar-refractivity contribution in [3.63, 3.8) is 0 Å². The zero-order valence-electron chi connectivity index (χ0n) is 12.8. The highest BCUT2D eigenvalue weighted by atomic mass is 16.5. The van der Waals surface area contributed by atoms with Crippen LogP contribution < -0.4 is 16.2 Å². The molecule has 0 aliphatic carbocycles. The minimum absolute atomic E-state index is 0.0224. The lowest BCUT2D eigenvalue weighted by atomic mass is 9.99.